The number of carbonyl (C=O) groups excluding carboxylic acids is 4. The second kappa shape index (κ2) is 9.71. The van der Waals surface area contributed by atoms with Gasteiger partial charge < -0.3 is 9.47 Å². The molecule has 0 bridgehead atoms. The van der Waals surface area contributed by atoms with Crippen LogP contribution in [0.2, 0.25) is 5.02 Å². The Balaban J connectivity index is 1.47. The molecule has 1 saturated carbocycles. The van der Waals surface area contributed by atoms with E-state index in [2.05, 4.69) is 20.8 Å². The zero-order chi connectivity index (χ0) is 24.6. The summed E-state index contributed by atoms with van der Waals surface area (Å²) in [6.45, 7) is 5.81. The fourth-order valence-corrected chi connectivity index (χ4v) is 5.29. The minimum absolute atomic E-state index is 0.0293. The van der Waals surface area contributed by atoms with Crippen LogP contribution >= 0.6 is 11.6 Å². The number of ether oxygens (including phenoxy) is 2. The van der Waals surface area contributed by atoms with Crippen molar-refractivity contribution in [2.45, 2.75) is 46.1 Å². The molecule has 0 heterocycles. The van der Waals surface area contributed by atoms with Crippen LogP contribution in [0.3, 0.4) is 0 Å². The average Bonchev–Trinajstić information content (AvgIpc) is 2.80. The van der Waals surface area contributed by atoms with Gasteiger partial charge in [0.05, 0.1) is 16.1 Å². The average molecular weight is 483 g/mol. The summed E-state index contributed by atoms with van der Waals surface area (Å²) in [7, 11) is 0. The van der Waals surface area contributed by atoms with Crippen molar-refractivity contribution in [1.29, 1.82) is 0 Å². The molecule has 6 nitrogen and oxygen atoms in total. The molecular formula is C27H27ClO6. The Hall–Kier alpha value is -2.99. The lowest BCUT2D eigenvalue weighted by atomic mass is 9.75. The van der Waals surface area contributed by atoms with Gasteiger partial charge in [-0.25, -0.2) is 9.59 Å². The zero-order valence-corrected chi connectivity index (χ0v) is 20.2. The van der Waals surface area contributed by atoms with Gasteiger partial charge in [-0.15, -0.1) is 0 Å². The van der Waals surface area contributed by atoms with E-state index in [1.165, 1.54) is 12.1 Å². The summed E-state index contributed by atoms with van der Waals surface area (Å²) in [5.41, 5.74) is 0.553. The van der Waals surface area contributed by atoms with E-state index in [0.717, 1.165) is 19.3 Å². The smallest absolute Gasteiger partial charge is 0.344 e. The lowest BCUT2D eigenvalue weighted by Gasteiger charge is -2.36. The number of halogens is 1. The Morgan fingerprint density at radius 3 is 2.35 bits per heavy atom. The standard InChI is InChI=1S/C27H27ClO6/c1-14(2)16-9-8-15(3)12-21(16)34-22(29)13-33-27(32)20-11-10-19-23(24(20)28)26(31)18-7-5-4-6-17(18)25(19)30/h4-7,10-11,14-16,21H,8-9,12-13H2,1-3H3/t15-,16-,21-/m1/s1. The summed E-state index contributed by atoms with van der Waals surface area (Å²) in [4.78, 5) is 50.9. The van der Waals surface area contributed by atoms with Gasteiger partial charge in [0.2, 0.25) is 0 Å². The van der Waals surface area contributed by atoms with Crippen molar-refractivity contribution in [2.24, 2.45) is 17.8 Å². The van der Waals surface area contributed by atoms with Crippen LogP contribution in [-0.2, 0) is 14.3 Å². The summed E-state index contributed by atoms with van der Waals surface area (Å²) >= 11 is 6.40. The van der Waals surface area contributed by atoms with Crippen LogP contribution in [0.5, 0.6) is 0 Å². The Kier molecular flexibility index (Phi) is 6.89. The van der Waals surface area contributed by atoms with Gasteiger partial charge >= 0.3 is 11.9 Å². The molecule has 1 fully saturated rings. The highest BCUT2D eigenvalue weighted by Gasteiger charge is 2.35. The Labute approximate surface area is 203 Å². The van der Waals surface area contributed by atoms with Crippen molar-refractivity contribution in [3.63, 3.8) is 0 Å². The van der Waals surface area contributed by atoms with E-state index in [-0.39, 0.29) is 45.1 Å². The molecule has 2 aromatic carbocycles. The molecule has 3 atom stereocenters. The molecule has 0 unspecified atom stereocenters. The Morgan fingerprint density at radius 2 is 1.68 bits per heavy atom. The van der Waals surface area contributed by atoms with E-state index in [0.29, 0.717) is 17.4 Å². The van der Waals surface area contributed by atoms with Crippen LogP contribution in [0.15, 0.2) is 36.4 Å². The zero-order valence-electron chi connectivity index (χ0n) is 19.4. The molecule has 0 aliphatic heterocycles. The number of esters is 2. The maximum atomic E-state index is 13.0. The van der Waals surface area contributed by atoms with E-state index >= 15 is 0 Å². The molecule has 2 aromatic rings. The summed E-state index contributed by atoms with van der Waals surface area (Å²) < 4.78 is 10.8. The molecule has 2 aliphatic carbocycles. The molecule has 7 heteroatoms. The van der Waals surface area contributed by atoms with Gasteiger partial charge in [-0.05, 0) is 42.7 Å². The maximum Gasteiger partial charge on any atom is 0.344 e. The Morgan fingerprint density at radius 1 is 1.00 bits per heavy atom. The van der Waals surface area contributed by atoms with Crippen LogP contribution in [0.1, 0.15) is 82.2 Å². The number of hydrogen-bond acceptors (Lipinski definition) is 6. The quantitative estimate of drug-likeness (QED) is 0.460. The first-order valence-corrected chi connectivity index (χ1v) is 11.9. The van der Waals surface area contributed by atoms with Gasteiger partial charge in [-0.3, -0.25) is 9.59 Å². The third-order valence-corrected chi connectivity index (χ3v) is 7.21. The highest BCUT2D eigenvalue weighted by atomic mass is 35.5. The van der Waals surface area contributed by atoms with Gasteiger partial charge in [-0.1, -0.05) is 63.1 Å². The molecule has 0 radical (unpaired) electrons. The second-order valence-electron chi connectivity index (χ2n) is 9.48. The number of hydrogen-bond donors (Lipinski definition) is 0. The predicted octanol–water partition coefficient (Wildman–Crippen LogP) is 5.28. The van der Waals surface area contributed by atoms with E-state index in [9.17, 15) is 19.2 Å². The third-order valence-electron chi connectivity index (χ3n) is 6.82. The van der Waals surface area contributed by atoms with Crippen molar-refractivity contribution < 1.29 is 28.7 Å². The van der Waals surface area contributed by atoms with E-state index in [1.54, 1.807) is 24.3 Å². The molecule has 34 heavy (non-hydrogen) atoms. The summed E-state index contributed by atoms with van der Waals surface area (Å²) in [6, 6.07) is 9.19. The van der Waals surface area contributed by atoms with Crippen LogP contribution in [0, 0.1) is 17.8 Å². The lowest BCUT2D eigenvalue weighted by Crippen LogP contribution is -2.36. The molecule has 178 valence electrons. The van der Waals surface area contributed by atoms with Gasteiger partial charge in [0.25, 0.3) is 0 Å². The van der Waals surface area contributed by atoms with Crippen molar-refractivity contribution in [3.05, 3.63) is 69.2 Å². The molecule has 4 rings (SSSR count). The fourth-order valence-electron chi connectivity index (χ4n) is 4.96. The number of rotatable bonds is 5. The summed E-state index contributed by atoms with van der Waals surface area (Å²) in [5, 5.41) is -0.162. The number of carbonyl (C=O) groups is 4. The number of ketones is 2. The van der Waals surface area contributed by atoms with Crippen LogP contribution in [0.4, 0.5) is 0 Å². The lowest BCUT2D eigenvalue weighted by molar-refractivity contribution is -0.159. The minimum Gasteiger partial charge on any atom is -0.460 e. The largest absolute Gasteiger partial charge is 0.460 e. The van der Waals surface area contributed by atoms with Gasteiger partial charge in [0.1, 0.15) is 6.10 Å². The second-order valence-corrected chi connectivity index (χ2v) is 9.86. The molecule has 0 spiro atoms. The number of benzene rings is 2. The number of fused-ring (bicyclic) bond motifs is 2. The van der Waals surface area contributed by atoms with Gasteiger partial charge in [-0.2, -0.15) is 0 Å². The first-order valence-electron chi connectivity index (χ1n) is 11.6. The topological polar surface area (TPSA) is 86.7 Å². The van der Waals surface area contributed by atoms with Gasteiger partial charge in [0, 0.05) is 16.7 Å². The minimum atomic E-state index is -0.860. The molecular weight excluding hydrogens is 456 g/mol. The van der Waals surface area contributed by atoms with Crippen LogP contribution < -0.4 is 0 Å². The highest BCUT2D eigenvalue weighted by molar-refractivity contribution is 6.41. The molecule has 2 aliphatic rings. The van der Waals surface area contributed by atoms with Crippen LogP contribution in [0.25, 0.3) is 0 Å². The highest BCUT2D eigenvalue weighted by Crippen LogP contribution is 2.36. The Bertz CT molecular complexity index is 1170. The van der Waals surface area contributed by atoms with Crippen molar-refractivity contribution in [1.82, 2.24) is 0 Å². The predicted molar refractivity (Wildman–Crippen MR) is 126 cm³/mol. The van der Waals surface area contributed by atoms with E-state index in [4.69, 9.17) is 21.1 Å². The molecule has 0 aromatic heterocycles. The third kappa shape index (κ3) is 4.51. The first kappa shape index (κ1) is 24.1. The molecule has 0 amide bonds. The molecule has 0 saturated heterocycles. The SMILES string of the molecule is CC(C)[C@H]1CC[C@@H](C)C[C@H]1OC(=O)COC(=O)c1ccc2c(c1Cl)C(=O)c1ccccc1C2=O. The van der Waals surface area contributed by atoms with E-state index in [1.807, 2.05) is 0 Å². The van der Waals surface area contributed by atoms with Crippen molar-refractivity contribution >= 4 is 35.1 Å². The fraction of sp³-hybridized carbons (Fsp3) is 0.407. The maximum absolute atomic E-state index is 13.0. The monoisotopic (exact) mass is 482 g/mol. The van der Waals surface area contributed by atoms with Gasteiger partial charge in [0.15, 0.2) is 18.2 Å². The molecule has 0 N–H and O–H groups in total. The van der Waals surface area contributed by atoms with E-state index < -0.39 is 24.3 Å². The first-order chi connectivity index (χ1) is 16.2. The van der Waals surface area contributed by atoms with Crippen molar-refractivity contribution in [2.75, 3.05) is 6.61 Å². The summed E-state index contributed by atoms with van der Waals surface area (Å²) in [6.07, 6.45) is 2.69. The van der Waals surface area contributed by atoms with Crippen LogP contribution in [-0.4, -0.2) is 36.2 Å². The normalized spacial score (nSPS) is 21.6. The summed E-state index contributed by atoms with van der Waals surface area (Å²) in [5.74, 6) is -1.12. The van der Waals surface area contributed by atoms with Crippen molar-refractivity contribution in [3.8, 4) is 0 Å².